The number of benzene rings is 2. The maximum atomic E-state index is 12.0. The molecule has 0 amide bonds. The molecule has 0 fully saturated rings. The Morgan fingerprint density at radius 1 is 1.00 bits per heavy atom. The predicted octanol–water partition coefficient (Wildman–Crippen LogP) is 3.79. The number of rotatable bonds is 7. The fraction of sp³-hybridized carbons (Fsp3) is 0.316. The predicted molar refractivity (Wildman–Crippen MR) is 88.5 cm³/mol. The molecule has 2 aromatic carbocycles. The molecule has 0 saturated heterocycles. The molecule has 0 saturated carbocycles. The van der Waals surface area contributed by atoms with Crippen molar-refractivity contribution in [3.05, 3.63) is 71.3 Å². The van der Waals surface area contributed by atoms with Crippen molar-refractivity contribution in [1.29, 1.82) is 0 Å². The summed E-state index contributed by atoms with van der Waals surface area (Å²) < 4.78 is 5.31. The third-order valence-corrected chi connectivity index (χ3v) is 3.28. The van der Waals surface area contributed by atoms with Gasteiger partial charge >= 0.3 is 5.97 Å². The van der Waals surface area contributed by atoms with Crippen LogP contribution in [0.4, 0.5) is 0 Å². The second kappa shape index (κ2) is 8.35. The molecule has 0 unspecified atom stereocenters. The first kappa shape index (κ1) is 16.2. The van der Waals surface area contributed by atoms with Gasteiger partial charge in [0.15, 0.2) is 0 Å². The van der Waals surface area contributed by atoms with Crippen molar-refractivity contribution in [3.63, 3.8) is 0 Å². The number of hydrogen-bond acceptors (Lipinski definition) is 3. The van der Waals surface area contributed by atoms with Gasteiger partial charge in [-0.25, -0.2) is 4.79 Å². The van der Waals surface area contributed by atoms with E-state index in [2.05, 4.69) is 19.2 Å². The number of hydrogen-bond donors (Lipinski definition) is 1. The van der Waals surface area contributed by atoms with Gasteiger partial charge in [-0.15, -0.1) is 0 Å². The minimum atomic E-state index is -0.287. The van der Waals surface area contributed by atoms with E-state index in [1.165, 1.54) is 5.56 Å². The molecule has 3 heteroatoms. The van der Waals surface area contributed by atoms with E-state index in [0.29, 0.717) is 18.1 Å². The number of esters is 1. The van der Waals surface area contributed by atoms with Gasteiger partial charge in [0.1, 0.15) is 6.61 Å². The Kier molecular flexibility index (Phi) is 6.16. The molecule has 0 bridgehead atoms. The Labute approximate surface area is 132 Å². The SMILES string of the molecule is CC(C)CNCc1ccc(C(=O)OCc2ccccc2)cc1. The fourth-order valence-corrected chi connectivity index (χ4v) is 2.07. The van der Waals surface area contributed by atoms with Crippen LogP contribution in [0.2, 0.25) is 0 Å². The van der Waals surface area contributed by atoms with E-state index in [9.17, 15) is 4.79 Å². The van der Waals surface area contributed by atoms with Gasteiger partial charge < -0.3 is 10.1 Å². The summed E-state index contributed by atoms with van der Waals surface area (Å²) in [6, 6.07) is 17.3. The molecule has 0 aliphatic carbocycles. The average molecular weight is 297 g/mol. The van der Waals surface area contributed by atoms with Crippen molar-refractivity contribution in [1.82, 2.24) is 5.32 Å². The molecule has 2 aromatic rings. The summed E-state index contributed by atoms with van der Waals surface area (Å²) in [6.07, 6.45) is 0. The van der Waals surface area contributed by atoms with Crippen LogP contribution in [0.1, 0.15) is 35.3 Å². The van der Waals surface area contributed by atoms with Gasteiger partial charge in [-0.3, -0.25) is 0 Å². The van der Waals surface area contributed by atoms with Crippen molar-refractivity contribution in [2.45, 2.75) is 27.0 Å². The maximum absolute atomic E-state index is 12.0. The second-order valence-electron chi connectivity index (χ2n) is 5.78. The highest BCUT2D eigenvalue weighted by Gasteiger charge is 2.07. The smallest absolute Gasteiger partial charge is 0.338 e. The molecule has 22 heavy (non-hydrogen) atoms. The lowest BCUT2D eigenvalue weighted by Crippen LogP contribution is -2.18. The summed E-state index contributed by atoms with van der Waals surface area (Å²) >= 11 is 0. The van der Waals surface area contributed by atoms with E-state index in [4.69, 9.17) is 4.74 Å². The molecule has 0 aromatic heterocycles. The Bertz CT molecular complexity index is 576. The highest BCUT2D eigenvalue weighted by Crippen LogP contribution is 2.08. The van der Waals surface area contributed by atoms with E-state index >= 15 is 0 Å². The van der Waals surface area contributed by atoms with Crippen LogP contribution in [0.15, 0.2) is 54.6 Å². The molecule has 2 rings (SSSR count). The summed E-state index contributed by atoms with van der Waals surface area (Å²) in [4.78, 5) is 12.0. The number of carbonyl (C=O) groups is 1. The average Bonchev–Trinajstić information content (AvgIpc) is 2.54. The summed E-state index contributed by atoms with van der Waals surface area (Å²) in [7, 11) is 0. The third kappa shape index (κ3) is 5.34. The van der Waals surface area contributed by atoms with Gasteiger partial charge in [0.05, 0.1) is 5.56 Å². The second-order valence-corrected chi connectivity index (χ2v) is 5.78. The van der Waals surface area contributed by atoms with Gasteiger partial charge in [-0.1, -0.05) is 56.3 Å². The van der Waals surface area contributed by atoms with Crippen LogP contribution in [0.25, 0.3) is 0 Å². The standard InChI is InChI=1S/C19H23NO2/c1-15(2)12-20-13-16-8-10-18(11-9-16)19(21)22-14-17-6-4-3-5-7-17/h3-11,15,20H,12-14H2,1-2H3. The van der Waals surface area contributed by atoms with E-state index in [-0.39, 0.29) is 5.97 Å². The summed E-state index contributed by atoms with van der Waals surface area (Å²) in [5.41, 5.74) is 2.74. The van der Waals surface area contributed by atoms with Crippen LogP contribution in [0, 0.1) is 5.92 Å². The first-order chi connectivity index (χ1) is 10.6. The highest BCUT2D eigenvalue weighted by atomic mass is 16.5. The molecule has 3 nitrogen and oxygen atoms in total. The molecule has 0 spiro atoms. The quantitative estimate of drug-likeness (QED) is 0.790. The number of nitrogens with one attached hydrogen (secondary N) is 1. The molecular formula is C19H23NO2. The summed E-state index contributed by atoms with van der Waals surface area (Å²) in [5.74, 6) is 0.345. The van der Waals surface area contributed by atoms with Crippen molar-refractivity contribution in [2.75, 3.05) is 6.54 Å². The number of ether oxygens (including phenoxy) is 1. The monoisotopic (exact) mass is 297 g/mol. The van der Waals surface area contributed by atoms with Gasteiger partial charge in [0.2, 0.25) is 0 Å². The van der Waals surface area contributed by atoms with Gasteiger partial charge in [0.25, 0.3) is 0 Å². The largest absolute Gasteiger partial charge is 0.457 e. The highest BCUT2D eigenvalue weighted by molar-refractivity contribution is 5.89. The maximum Gasteiger partial charge on any atom is 0.338 e. The Balaban J connectivity index is 1.83. The van der Waals surface area contributed by atoms with Gasteiger partial charge in [-0.05, 0) is 35.7 Å². The topological polar surface area (TPSA) is 38.3 Å². The van der Waals surface area contributed by atoms with Gasteiger partial charge in [0, 0.05) is 6.54 Å². The van der Waals surface area contributed by atoms with Crippen LogP contribution in [-0.2, 0) is 17.9 Å². The zero-order chi connectivity index (χ0) is 15.8. The molecule has 0 radical (unpaired) electrons. The minimum Gasteiger partial charge on any atom is -0.457 e. The molecule has 0 heterocycles. The Morgan fingerprint density at radius 2 is 1.68 bits per heavy atom. The lowest BCUT2D eigenvalue weighted by Gasteiger charge is -2.08. The Morgan fingerprint density at radius 3 is 2.32 bits per heavy atom. The first-order valence-corrected chi connectivity index (χ1v) is 7.66. The molecule has 0 aliphatic heterocycles. The lowest BCUT2D eigenvalue weighted by molar-refractivity contribution is 0.0472. The third-order valence-electron chi connectivity index (χ3n) is 3.28. The summed E-state index contributed by atoms with van der Waals surface area (Å²) in [6.45, 7) is 6.47. The number of carbonyl (C=O) groups excluding carboxylic acids is 1. The molecule has 0 atom stereocenters. The van der Waals surface area contributed by atoms with E-state index in [0.717, 1.165) is 18.7 Å². The molecule has 116 valence electrons. The molecule has 0 aliphatic rings. The van der Waals surface area contributed by atoms with Crippen LogP contribution in [0.3, 0.4) is 0 Å². The van der Waals surface area contributed by atoms with Crippen molar-refractivity contribution < 1.29 is 9.53 Å². The van der Waals surface area contributed by atoms with Crippen molar-refractivity contribution >= 4 is 5.97 Å². The van der Waals surface area contributed by atoms with Crippen molar-refractivity contribution in [2.24, 2.45) is 5.92 Å². The fourth-order valence-electron chi connectivity index (χ4n) is 2.07. The minimum absolute atomic E-state index is 0.287. The zero-order valence-electron chi connectivity index (χ0n) is 13.2. The lowest BCUT2D eigenvalue weighted by atomic mass is 10.1. The van der Waals surface area contributed by atoms with Crippen LogP contribution < -0.4 is 5.32 Å². The summed E-state index contributed by atoms with van der Waals surface area (Å²) in [5, 5.41) is 3.38. The normalized spacial score (nSPS) is 10.7. The Hall–Kier alpha value is -2.13. The van der Waals surface area contributed by atoms with E-state index < -0.39 is 0 Å². The van der Waals surface area contributed by atoms with E-state index in [1.807, 2.05) is 54.6 Å². The van der Waals surface area contributed by atoms with Crippen LogP contribution >= 0.6 is 0 Å². The van der Waals surface area contributed by atoms with Crippen LogP contribution in [-0.4, -0.2) is 12.5 Å². The first-order valence-electron chi connectivity index (χ1n) is 7.66. The van der Waals surface area contributed by atoms with Crippen LogP contribution in [0.5, 0.6) is 0 Å². The van der Waals surface area contributed by atoms with Gasteiger partial charge in [-0.2, -0.15) is 0 Å². The van der Waals surface area contributed by atoms with E-state index in [1.54, 1.807) is 0 Å². The molecular weight excluding hydrogens is 274 g/mol. The van der Waals surface area contributed by atoms with Crippen molar-refractivity contribution in [3.8, 4) is 0 Å². The molecule has 1 N–H and O–H groups in total. The zero-order valence-corrected chi connectivity index (χ0v) is 13.2.